The topological polar surface area (TPSA) is 77.8 Å². The van der Waals surface area contributed by atoms with Crippen LogP contribution in [0.1, 0.15) is 98.8 Å². The number of hydrogen-bond donors (Lipinski definition) is 3. The first kappa shape index (κ1) is 23.4. The Morgan fingerprint density at radius 2 is 1.65 bits per heavy atom. The van der Waals surface area contributed by atoms with Crippen LogP contribution in [0, 0.1) is 34.5 Å². The summed E-state index contributed by atoms with van der Waals surface area (Å²) in [4.78, 5) is 13.2. The van der Waals surface area contributed by atoms with Gasteiger partial charge in [0.25, 0.3) is 0 Å². The van der Waals surface area contributed by atoms with Crippen LogP contribution in [0.4, 0.5) is 0 Å². The van der Waals surface area contributed by atoms with Crippen LogP contribution in [0.2, 0.25) is 0 Å². The van der Waals surface area contributed by atoms with E-state index in [0.29, 0.717) is 55.4 Å². The van der Waals surface area contributed by atoms with Gasteiger partial charge in [0.1, 0.15) is 0 Å². The zero-order valence-corrected chi connectivity index (χ0v) is 20.3. The van der Waals surface area contributed by atoms with E-state index in [0.717, 1.165) is 12.8 Å². The number of carbonyl (C=O) groups excluding carboxylic acids is 1. The van der Waals surface area contributed by atoms with Crippen LogP contribution in [-0.2, 0) is 4.79 Å². The van der Waals surface area contributed by atoms with Gasteiger partial charge in [-0.05, 0) is 74.3 Å². The SMILES string of the molecule is CC(C)CCC[C@@H](C)[C@H]1CC[C@@]2(O)C3=CC(=O)[C@H]4C[C@@H](O)CC[C@]4(C)[C@@]3(O)CC[C@]12C. The summed E-state index contributed by atoms with van der Waals surface area (Å²) in [6.07, 6.45) is 9.40. The van der Waals surface area contributed by atoms with Gasteiger partial charge in [-0.2, -0.15) is 0 Å². The van der Waals surface area contributed by atoms with E-state index in [1.807, 2.05) is 6.92 Å². The molecule has 0 unspecified atom stereocenters. The molecular weight excluding hydrogens is 388 g/mol. The van der Waals surface area contributed by atoms with E-state index in [2.05, 4.69) is 27.7 Å². The summed E-state index contributed by atoms with van der Waals surface area (Å²) in [7, 11) is 0. The molecule has 0 aliphatic heterocycles. The highest BCUT2D eigenvalue weighted by Gasteiger charge is 2.71. The molecule has 0 spiro atoms. The van der Waals surface area contributed by atoms with Gasteiger partial charge in [0.05, 0.1) is 17.3 Å². The van der Waals surface area contributed by atoms with Gasteiger partial charge in [-0.25, -0.2) is 0 Å². The number of carbonyl (C=O) groups is 1. The first-order valence-corrected chi connectivity index (χ1v) is 12.8. The molecule has 4 nitrogen and oxygen atoms in total. The number of fused-ring (bicyclic) bond motifs is 5. The fourth-order valence-corrected chi connectivity index (χ4v) is 8.28. The van der Waals surface area contributed by atoms with E-state index in [1.165, 1.54) is 19.3 Å². The molecule has 4 heteroatoms. The summed E-state index contributed by atoms with van der Waals surface area (Å²) in [6, 6.07) is 0. The lowest BCUT2D eigenvalue weighted by atomic mass is 9.44. The lowest BCUT2D eigenvalue weighted by Gasteiger charge is -2.63. The highest BCUT2D eigenvalue weighted by Crippen LogP contribution is 2.69. The molecule has 0 radical (unpaired) electrons. The molecule has 3 N–H and O–H groups in total. The zero-order chi connectivity index (χ0) is 22.8. The van der Waals surface area contributed by atoms with Crippen molar-refractivity contribution >= 4 is 5.78 Å². The van der Waals surface area contributed by atoms with Gasteiger partial charge in [-0.15, -0.1) is 0 Å². The molecule has 176 valence electrons. The second-order valence-corrected chi connectivity index (χ2v) is 12.4. The Hall–Kier alpha value is -0.710. The minimum atomic E-state index is -1.16. The van der Waals surface area contributed by atoms with Crippen molar-refractivity contribution in [2.24, 2.45) is 34.5 Å². The molecule has 0 bridgehead atoms. The maximum atomic E-state index is 13.2. The maximum Gasteiger partial charge on any atom is 0.159 e. The van der Waals surface area contributed by atoms with Crippen LogP contribution in [0.5, 0.6) is 0 Å². The highest BCUT2D eigenvalue weighted by atomic mass is 16.3. The van der Waals surface area contributed by atoms with E-state index in [4.69, 9.17) is 0 Å². The fourth-order valence-electron chi connectivity index (χ4n) is 8.28. The largest absolute Gasteiger partial charge is 0.393 e. The summed E-state index contributed by atoms with van der Waals surface area (Å²) < 4.78 is 0. The minimum Gasteiger partial charge on any atom is -0.393 e. The Bertz CT molecular complexity index is 758. The van der Waals surface area contributed by atoms with Crippen molar-refractivity contribution < 1.29 is 20.1 Å². The van der Waals surface area contributed by atoms with Crippen molar-refractivity contribution in [3.05, 3.63) is 11.6 Å². The van der Waals surface area contributed by atoms with Gasteiger partial charge in [-0.1, -0.05) is 53.9 Å². The highest BCUT2D eigenvalue weighted by molar-refractivity contribution is 5.95. The van der Waals surface area contributed by atoms with Gasteiger partial charge in [-0.3, -0.25) is 4.79 Å². The molecular formula is C27H44O4. The lowest BCUT2D eigenvalue weighted by Crippen LogP contribution is -2.68. The normalized spacial score (nSPS) is 48.1. The molecule has 3 fully saturated rings. The second-order valence-electron chi connectivity index (χ2n) is 12.4. The smallest absolute Gasteiger partial charge is 0.159 e. The van der Waals surface area contributed by atoms with Crippen molar-refractivity contribution in [1.29, 1.82) is 0 Å². The van der Waals surface area contributed by atoms with Crippen molar-refractivity contribution in [1.82, 2.24) is 0 Å². The molecule has 31 heavy (non-hydrogen) atoms. The Morgan fingerprint density at radius 1 is 0.968 bits per heavy atom. The van der Waals surface area contributed by atoms with Crippen LogP contribution in [0.3, 0.4) is 0 Å². The molecule has 3 saturated carbocycles. The second kappa shape index (κ2) is 7.67. The van der Waals surface area contributed by atoms with Gasteiger partial charge >= 0.3 is 0 Å². The van der Waals surface area contributed by atoms with Gasteiger partial charge in [0.2, 0.25) is 0 Å². The van der Waals surface area contributed by atoms with Crippen LogP contribution >= 0.6 is 0 Å². The van der Waals surface area contributed by atoms with Crippen molar-refractivity contribution in [3.63, 3.8) is 0 Å². The molecule has 0 heterocycles. The zero-order valence-electron chi connectivity index (χ0n) is 20.3. The van der Waals surface area contributed by atoms with Crippen LogP contribution < -0.4 is 0 Å². The van der Waals surface area contributed by atoms with E-state index < -0.39 is 22.7 Å². The number of allylic oxidation sites excluding steroid dienone is 1. The Kier molecular flexibility index (Phi) is 5.80. The Labute approximate surface area is 188 Å². The molecule has 8 atom stereocenters. The summed E-state index contributed by atoms with van der Waals surface area (Å²) in [5, 5.41) is 34.5. The molecule has 0 aromatic heterocycles. The predicted octanol–water partition coefficient (Wildman–Crippen LogP) is 4.80. The van der Waals surface area contributed by atoms with Crippen LogP contribution in [-0.4, -0.2) is 38.4 Å². The minimum absolute atomic E-state index is 0.00738. The Balaban J connectivity index is 1.66. The Morgan fingerprint density at radius 3 is 2.32 bits per heavy atom. The summed E-state index contributed by atoms with van der Waals surface area (Å²) in [5.41, 5.74) is -2.58. The average molecular weight is 433 g/mol. The van der Waals surface area contributed by atoms with Gasteiger partial charge in [0.15, 0.2) is 5.78 Å². The number of ketones is 1. The number of aliphatic hydroxyl groups excluding tert-OH is 1. The standard InChI is InChI=1S/C27H44O4/c1-17(2)7-6-8-18(3)20-10-12-26(30)23-16-22(29)21-15-19(28)9-11-24(21,4)27(23,31)14-13-25(20,26)5/h16-21,28,30-31H,6-15H2,1-5H3/t18-,19+,20-,21-,24+,25-,26-,27-/m1/s1. The van der Waals surface area contributed by atoms with E-state index >= 15 is 0 Å². The monoisotopic (exact) mass is 432 g/mol. The number of aliphatic hydroxyl groups is 3. The average Bonchev–Trinajstić information content (AvgIpc) is 2.97. The molecule has 4 aliphatic rings. The molecule has 0 aromatic carbocycles. The summed E-state index contributed by atoms with van der Waals surface area (Å²) in [6.45, 7) is 11.1. The van der Waals surface area contributed by atoms with Gasteiger partial charge < -0.3 is 15.3 Å². The predicted molar refractivity (Wildman–Crippen MR) is 122 cm³/mol. The van der Waals surface area contributed by atoms with E-state index in [9.17, 15) is 20.1 Å². The van der Waals surface area contributed by atoms with Crippen LogP contribution in [0.25, 0.3) is 0 Å². The maximum absolute atomic E-state index is 13.2. The van der Waals surface area contributed by atoms with E-state index in [1.54, 1.807) is 6.08 Å². The molecule has 0 amide bonds. The molecule has 0 saturated heterocycles. The third kappa shape index (κ3) is 3.22. The van der Waals surface area contributed by atoms with Crippen molar-refractivity contribution in [2.75, 3.05) is 0 Å². The first-order valence-electron chi connectivity index (χ1n) is 12.8. The van der Waals surface area contributed by atoms with Crippen LogP contribution in [0.15, 0.2) is 11.6 Å². The molecule has 0 aromatic rings. The molecule has 4 aliphatic carbocycles. The fraction of sp³-hybridized carbons (Fsp3) is 0.889. The van der Waals surface area contributed by atoms with E-state index in [-0.39, 0.29) is 17.1 Å². The third-order valence-electron chi connectivity index (χ3n) is 10.5. The number of hydrogen-bond acceptors (Lipinski definition) is 4. The van der Waals surface area contributed by atoms with Gasteiger partial charge in [0, 0.05) is 16.7 Å². The quantitative estimate of drug-likeness (QED) is 0.583. The summed E-state index contributed by atoms with van der Waals surface area (Å²) in [5.74, 6) is 1.28. The first-order chi connectivity index (χ1) is 14.4. The third-order valence-corrected chi connectivity index (χ3v) is 10.5. The summed E-state index contributed by atoms with van der Waals surface area (Å²) >= 11 is 0. The van der Waals surface area contributed by atoms with Crippen molar-refractivity contribution in [3.8, 4) is 0 Å². The van der Waals surface area contributed by atoms with Crippen molar-refractivity contribution in [2.45, 2.75) is 116 Å². The molecule has 4 rings (SSSR count). The number of rotatable bonds is 5. The lowest BCUT2D eigenvalue weighted by molar-refractivity contribution is -0.191.